The molecule has 0 radical (unpaired) electrons. The van der Waals surface area contributed by atoms with Gasteiger partial charge in [-0.2, -0.15) is 0 Å². The lowest BCUT2D eigenvalue weighted by molar-refractivity contribution is 0.0601. The van der Waals surface area contributed by atoms with Gasteiger partial charge in [0.05, 0.1) is 18.4 Å². The lowest BCUT2D eigenvalue weighted by Gasteiger charge is -2.06. The third-order valence-electron chi connectivity index (χ3n) is 1.54. The summed E-state index contributed by atoms with van der Waals surface area (Å²) in [5.74, 6) is 3.97. The van der Waals surface area contributed by atoms with Crippen LogP contribution in [0.2, 0.25) is 0 Å². The Morgan fingerprint density at radius 3 is 2.85 bits per heavy atom. The van der Waals surface area contributed by atoms with Crippen molar-refractivity contribution in [3.63, 3.8) is 0 Å². The molecule has 4 nitrogen and oxygen atoms in total. The number of hydrogen-bond acceptors (Lipinski definition) is 4. The number of carbonyl (C=O) groups is 1. The molecule has 0 heterocycles. The normalized spacial score (nSPS) is 9.46. The number of esters is 1. The summed E-state index contributed by atoms with van der Waals surface area (Å²) < 4.78 is 17.1. The van der Waals surface area contributed by atoms with Crippen LogP contribution in [0.4, 0.5) is 10.1 Å². The summed E-state index contributed by atoms with van der Waals surface area (Å²) in [5.41, 5.74) is 2.67. The van der Waals surface area contributed by atoms with Crippen molar-refractivity contribution in [3.8, 4) is 0 Å². The number of methoxy groups -OCH3 is 1. The van der Waals surface area contributed by atoms with Crippen LogP contribution in [0.1, 0.15) is 10.4 Å². The molecule has 1 aromatic carbocycles. The first-order valence-electron chi connectivity index (χ1n) is 3.53. The fourth-order valence-electron chi connectivity index (χ4n) is 0.921. The van der Waals surface area contributed by atoms with Crippen LogP contribution in [0.5, 0.6) is 0 Å². The van der Waals surface area contributed by atoms with Gasteiger partial charge in [0.15, 0.2) is 0 Å². The summed E-state index contributed by atoms with van der Waals surface area (Å²) in [6.07, 6.45) is 0. The highest BCUT2D eigenvalue weighted by molar-refractivity contribution is 5.95. The summed E-state index contributed by atoms with van der Waals surface area (Å²) >= 11 is 0. The van der Waals surface area contributed by atoms with Crippen LogP contribution in [0.15, 0.2) is 18.2 Å². The maximum absolute atomic E-state index is 12.7. The van der Waals surface area contributed by atoms with E-state index >= 15 is 0 Å². The molecular formula is C8H9FN2O2. The summed E-state index contributed by atoms with van der Waals surface area (Å²) in [6.45, 7) is 0. The predicted octanol–water partition coefficient (Wildman–Crippen LogP) is 0.898. The number of carbonyl (C=O) groups excluding carboxylic acids is 1. The molecule has 0 fully saturated rings. The molecule has 1 aromatic rings. The Hall–Kier alpha value is -1.62. The second kappa shape index (κ2) is 3.86. The van der Waals surface area contributed by atoms with Crippen LogP contribution in [0.25, 0.3) is 0 Å². The number of nitrogens with one attached hydrogen (secondary N) is 1. The zero-order valence-electron chi connectivity index (χ0n) is 7.00. The lowest BCUT2D eigenvalue weighted by atomic mass is 10.2. The summed E-state index contributed by atoms with van der Waals surface area (Å²) in [5, 5.41) is 0. The van der Waals surface area contributed by atoms with Gasteiger partial charge in [-0.3, -0.25) is 5.84 Å². The van der Waals surface area contributed by atoms with Gasteiger partial charge >= 0.3 is 5.97 Å². The van der Waals surface area contributed by atoms with E-state index in [4.69, 9.17) is 5.84 Å². The van der Waals surface area contributed by atoms with E-state index in [1.54, 1.807) is 0 Å². The van der Waals surface area contributed by atoms with Gasteiger partial charge in [-0.05, 0) is 18.2 Å². The average molecular weight is 184 g/mol. The smallest absolute Gasteiger partial charge is 0.340 e. The minimum absolute atomic E-state index is 0.0741. The first-order valence-corrected chi connectivity index (χ1v) is 3.53. The topological polar surface area (TPSA) is 64.3 Å². The number of anilines is 1. The highest BCUT2D eigenvalue weighted by Crippen LogP contribution is 2.16. The second-order valence-electron chi connectivity index (χ2n) is 2.33. The molecule has 0 saturated heterocycles. The van der Waals surface area contributed by atoms with Crippen LogP contribution in [0, 0.1) is 5.82 Å². The van der Waals surface area contributed by atoms with Gasteiger partial charge in [0, 0.05) is 0 Å². The van der Waals surface area contributed by atoms with Crippen molar-refractivity contribution < 1.29 is 13.9 Å². The van der Waals surface area contributed by atoms with E-state index < -0.39 is 11.8 Å². The van der Waals surface area contributed by atoms with Crippen LogP contribution in [-0.2, 0) is 4.74 Å². The number of halogens is 1. The fourth-order valence-corrected chi connectivity index (χ4v) is 0.921. The van der Waals surface area contributed by atoms with Crippen molar-refractivity contribution in [1.82, 2.24) is 0 Å². The summed E-state index contributed by atoms with van der Waals surface area (Å²) in [4.78, 5) is 11.1. The van der Waals surface area contributed by atoms with Crippen LogP contribution >= 0.6 is 0 Å². The molecule has 0 aromatic heterocycles. The third-order valence-corrected chi connectivity index (χ3v) is 1.54. The van der Waals surface area contributed by atoms with Crippen LogP contribution in [-0.4, -0.2) is 13.1 Å². The fraction of sp³-hybridized carbons (Fsp3) is 0.125. The van der Waals surface area contributed by atoms with Crippen molar-refractivity contribution in [2.45, 2.75) is 0 Å². The van der Waals surface area contributed by atoms with Crippen molar-refractivity contribution in [1.29, 1.82) is 0 Å². The van der Waals surface area contributed by atoms with E-state index in [1.807, 2.05) is 0 Å². The van der Waals surface area contributed by atoms with Crippen molar-refractivity contribution in [2.75, 3.05) is 12.5 Å². The predicted molar refractivity (Wildman–Crippen MR) is 45.5 cm³/mol. The number of ether oxygens (including phenoxy) is 1. The van der Waals surface area contributed by atoms with Gasteiger partial charge in [-0.15, -0.1) is 0 Å². The standard InChI is InChI=1S/C8H9FN2O2/c1-13-8(12)6-4-5(9)2-3-7(6)11-10/h2-4,11H,10H2,1H3. The van der Waals surface area contributed by atoms with Gasteiger partial charge in [0.1, 0.15) is 5.82 Å². The van der Waals surface area contributed by atoms with Crippen LogP contribution < -0.4 is 11.3 Å². The molecule has 0 aliphatic heterocycles. The second-order valence-corrected chi connectivity index (χ2v) is 2.33. The molecule has 13 heavy (non-hydrogen) atoms. The summed E-state index contributed by atoms with van der Waals surface area (Å²) in [6, 6.07) is 3.62. The van der Waals surface area contributed by atoms with Gasteiger partial charge in [-0.1, -0.05) is 0 Å². The van der Waals surface area contributed by atoms with Gasteiger partial charge in [0.25, 0.3) is 0 Å². The van der Waals surface area contributed by atoms with Crippen molar-refractivity contribution in [2.24, 2.45) is 5.84 Å². The SMILES string of the molecule is COC(=O)c1cc(F)ccc1NN. The first kappa shape index (κ1) is 9.47. The summed E-state index contributed by atoms with van der Waals surface area (Å²) in [7, 11) is 1.22. The minimum Gasteiger partial charge on any atom is -0.465 e. The Labute approximate surface area is 74.5 Å². The third kappa shape index (κ3) is 1.94. The molecule has 0 aliphatic rings. The highest BCUT2D eigenvalue weighted by Gasteiger charge is 2.11. The maximum Gasteiger partial charge on any atom is 0.340 e. The zero-order chi connectivity index (χ0) is 9.84. The zero-order valence-corrected chi connectivity index (χ0v) is 7.00. The minimum atomic E-state index is -0.632. The first-order chi connectivity index (χ1) is 6.19. The molecule has 0 unspecified atom stereocenters. The monoisotopic (exact) mass is 184 g/mol. The largest absolute Gasteiger partial charge is 0.465 e. The van der Waals surface area contributed by atoms with E-state index in [-0.39, 0.29) is 5.56 Å². The Balaban J connectivity index is 3.15. The Kier molecular flexibility index (Phi) is 2.81. The van der Waals surface area contributed by atoms with Gasteiger partial charge in [0.2, 0.25) is 0 Å². The number of nitrogens with two attached hydrogens (primary N) is 1. The molecule has 0 aliphatic carbocycles. The lowest BCUT2D eigenvalue weighted by Crippen LogP contribution is -2.13. The number of rotatable bonds is 2. The molecule has 70 valence electrons. The number of benzene rings is 1. The number of hydrogen-bond donors (Lipinski definition) is 2. The number of nitrogen functional groups attached to an aromatic ring is 1. The van der Waals surface area contributed by atoms with E-state index in [9.17, 15) is 9.18 Å². The molecule has 0 atom stereocenters. The van der Waals surface area contributed by atoms with Gasteiger partial charge < -0.3 is 10.2 Å². The molecule has 5 heteroatoms. The molecule has 0 saturated carbocycles. The van der Waals surface area contributed by atoms with E-state index in [0.29, 0.717) is 5.69 Å². The molecule has 0 spiro atoms. The van der Waals surface area contributed by atoms with E-state index in [0.717, 1.165) is 6.07 Å². The Morgan fingerprint density at radius 2 is 2.31 bits per heavy atom. The maximum atomic E-state index is 12.7. The highest BCUT2D eigenvalue weighted by atomic mass is 19.1. The molecule has 0 amide bonds. The Morgan fingerprint density at radius 1 is 1.62 bits per heavy atom. The van der Waals surface area contributed by atoms with Crippen LogP contribution in [0.3, 0.4) is 0 Å². The Bertz CT molecular complexity index is 328. The molecule has 3 N–H and O–H groups in total. The average Bonchev–Trinajstić information content (AvgIpc) is 2.16. The van der Waals surface area contributed by atoms with Gasteiger partial charge in [-0.25, -0.2) is 9.18 Å². The molecular weight excluding hydrogens is 175 g/mol. The van der Waals surface area contributed by atoms with Crippen molar-refractivity contribution >= 4 is 11.7 Å². The van der Waals surface area contributed by atoms with E-state index in [1.165, 1.54) is 19.2 Å². The molecule has 1 rings (SSSR count). The van der Waals surface area contributed by atoms with E-state index in [2.05, 4.69) is 10.2 Å². The number of hydrazine groups is 1. The molecule has 0 bridgehead atoms. The quantitative estimate of drug-likeness (QED) is 0.407. The van der Waals surface area contributed by atoms with Crippen molar-refractivity contribution in [3.05, 3.63) is 29.6 Å².